The Morgan fingerprint density at radius 2 is 1.70 bits per heavy atom. The van der Waals surface area contributed by atoms with Crippen molar-refractivity contribution >= 4 is 17.4 Å². The largest absolute Gasteiger partial charge is 0.507 e. The summed E-state index contributed by atoms with van der Waals surface area (Å²) in [4.78, 5) is 27.7. The highest BCUT2D eigenvalue weighted by molar-refractivity contribution is 6.46. The highest BCUT2D eigenvalue weighted by Crippen LogP contribution is 2.41. The minimum Gasteiger partial charge on any atom is -0.507 e. The number of nitrogens with zero attached hydrogens (tertiary/aromatic N) is 1. The summed E-state index contributed by atoms with van der Waals surface area (Å²) in [5.74, 6) is -0.0588. The minimum absolute atomic E-state index is 0.132. The number of benzene rings is 2. The Kier molecular flexibility index (Phi) is 7.31. The van der Waals surface area contributed by atoms with Crippen molar-refractivity contribution in [3.05, 3.63) is 69.8 Å². The molecule has 0 saturated carbocycles. The second-order valence-electron chi connectivity index (χ2n) is 9.38. The predicted octanol–water partition coefficient (Wildman–Crippen LogP) is 6.08. The Labute approximate surface area is 197 Å². The molecule has 1 N–H and O–H groups in total. The number of aliphatic hydroxyl groups excluding tert-OH is 1. The predicted molar refractivity (Wildman–Crippen MR) is 132 cm³/mol. The molecule has 1 aliphatic rings. The van der Waals surface area contributed by atoms with Crippen LogP contribution in [-0.4, -0.2) is 35.4 Å². The zero-order chi connectivity index (χ0) is 24.4. The van der Waals surface area contributed by atoms with E-state index in [1.165, 1.54) is 5.56 Å². The number of aryl methyl sites for hydroxylation is 1. The molecule has 1 heterocycles. The van der Waals surface area contributed by atoms with Gasteiger partial charge in [-0.1, -0.05) is 58.9 Å². The summed E-state index contributed by atoms with van der Waals surface area (Å²) in [6.45, 7) is 12.6. The topological polar surface area (TPSA) is 66.8 Å². The van der Waals surface area contributed by atoms with Crippen molar-refractivity contribution in [2.24, 2.45) is 0 Å². The van der Waals surface area contributed by atoms with Crippen molar-refractivity contribution in [1.29, 1.82) is 0 Å². The molecule has 176 valence electrons. The molecule has 2 aromatic carbocycles. The van der Waals surface area contributed by atoms with Crippen LogP contribution in [0.15, 0.2) is 42.0 Å². The lowest BCUT2D eigenvalue weighted by Gasteiger charge is -2.25. The summed E-state index contributed by atoms with van der Waals surface area (Å²) in [5.41, 5.74) is 4.42. The third-order valence-corrected chi connectivity index (χ3v) is 6.38. The SMILES string of the molecule is CCCN1C(=O)C(=O)/C(=C(/O)c2cc(C(C)C)c(OC)cc2C)C1c1ccc(C(C)C)cc1. The number of likely N-dealkylation sites (tertiary alicyclic amines) is 1. The maximum atomic E-state index is 13.2. The highest BCUT2D eigenvalue weighted by atomic mass is 16.5. The number of ether oxygens (including phenoxy) is 1. The lowest BCUT2D eigenvalue weighted by atomic mass is 9.90. The number of hydrogen-bond acceptors (Lipinski definition) is 4. The monoisotopic (exact) mass is 449 g/mol. The van der Waals surface area contributed by atoms with E-state index in [0.29, 0.717) is 24.4 Å². The van der Waals surface area contributed by atoms with Gasteiger partial charge in [-0.05, 0) is 59.6 Å². The van der Waals surface area contributed by atoms with Gasteiger partial charge in [0.05, 0.1) is 18.7 Å². The lowest BCUT2D eigenvalue weighted by Crippen LogP contribution is -2.30. The summed E-state index contributed by atoms with van der Waals surface area (Å²) in [6, 6.07) is 11.1. The van der Waals surface area contributed by atoms with Crippen molar-refractivity contribution in [2.75, 3.05) is 13.7 Å². The van der Waals surface area contributed by atoms with Crippen LogP contribution in [0.25, 0.3) is 5.76 Å². The smallest absolute Gasteiger partial charge is 0.295 e. The van der Waals surface area contributed by atoms with E-state index in [1.54, 1.807) is 12.0 Å². The van der Waals surface area contributed by atoms with Gasteiger partial charge in [-0.3, -0.25) is 9.59 Å². The maximum Gasteiger partial charge on any atom is 0.295 e. The van der Waals surface area contributed by atoms with Crippen LogP contribution in [0.2, 0.25) is 0 Å². The van der Waals surface area contributed by atoms with E-state index in [0.717, 1.165) is 22.4 Å². The fourth-order valence-electron chi connectivity index (χ4n) is 4.49. The first-order chi connectivity index (χ1) is 15.6. The van der Waals surface area contributed by atoms with Crippen LogP contribution < -0.4 is 4.74 Å². The fraction of sp³-hybridized carbons (Fsp3) is 0.429. The van der Waals surface area contributed by atoms with Gasteiger partial charge < -0.3 is 14.7 Å². The van der Waals surface area contributed by atoms with Gasteiger partial charge in [0.25, 0.3) is 11.7 Å². The average molecular weight is 450 g/mol. The second-order valence-corrected chi connectivity index (χ2v) is 9.38. The summed E-state index contributed by atoms with van der Waals surface area (Å²) in [6.07, 6.45) is 0.715. The molecule has 1 aliphatic heterocycles. The molecule has 1 unspecified atom stereocenters. The number of amides is 1. The quantitative estimate of drug-likeness (QED) is 0.316. The van der Waals surface area contributed by atoms with E-state index >= 15 is 0 Å². The number of methoxy groups -OCH3 is 1. The molecule has 33 heavy (non-hydrogen) atoms. The molecule has 5 heteroatoms. The number of Topliss-reactive ketones (excluding diaryl/α,β-unsaturated/α-hetero) is 1. The fourth-order valence-corrected chi connectivity index (χ4v) is 4.49. The van der Waals surface area contributed by atoms with Crippen LogP contribution in [0.5, 0.6) is 5.75 Å². The van der Waals surface area contributed by atoms with E-state index in [1.807, 2.05) is 64.1 Å². The second kappa shape index (κ2) is 9.82. The van der Waals surface area contributed by atoms with Crippen molar-refractivity contribution in [3.63, 3.8) is 0 Å². The van der Waals surface area contributed by atoms with E-state index in [-0.39, 0.29) is 17.3 Å². The van der Waals surface area contributed by atoms with Gasteiger partial charge in [0.15, 0.2) is 0 Å². The van der Waals surface area contributed by atoms with Gasteiger partial charge in [0, 0.05) is 12.1 Å². The number of carbonyl (C=O) groups is 2. The van der Waals surface area contributed by atoms with Crippen LogP contribution in [-0.2, 0) is 9.59 Å². The van der Waals surface area contributed by atoms with Gasteiger partial charge in [-0.15, -0.1) is 0 Å². The normalized spacial score (nSPS) is 18.0. The van der Waals surface area contributed by atoms with Crippen molar-refractivity contribution in [2.45, 2.75) is 65.8 Å². The van der Waals surface area contributed by atoms with Gasteiger partial charge in [0.2, 0.25) is 0 Å². The number of aliphatic hydroxyl groups is 1. The summed E-state index contributed by atoms with van der Waals surface area (Å²) >= 11 is 0. The number of hydrogen-bond donors (Lipinski definition) is 1. The first-order valence-electron chi connectivity index (χ1n) is 11.7. The van der Waals surface area contributed by atoms with E-state index in [2.05, 4.69) is 13.8 Å². The first kappa shape index (κ1) is 24.6. The van der Waals surface area contributed by atoms with Gasteiger partial charge in [-0.25, -0.2) is 0 Å². The van der Waals surface area contributed by atoms with Gasteiger partial charge >= 0.3 is 0 Å². The zero-order valence-electron chi connectivity index (χ0n) is 20.7. The molecule has 1 amide bonds. The maximum absolute atomic E-state index is 13.2. The Balaban J connectivity index is 2.23. The summed E-state index contributed by atoms with van der Waals surface area (Å²) in [7, 11) is 1.62. The standard InChI is InChI=1S/C28H35NO4/c1-8-13-29-25(20-11-9-19(10-12-20)16(2)3)24(27(31)28(29)32)26(30)22-15-21(17(4)5)23(33-7)14-18(22)6/h9-12,14-17,25,30H,8,13H2,1-7H3/b26-24+. The van der Waals surface area contributed by atoms with Crippen LogP contribution in [0, 0.1) is 6.92 Å². The Bertz CT molecular complexity index is 1080. The molecule has 2 aromatic rings. The van der Waals surface area contributed by atoms with E-state index in [4.69, 9.17) is 4.74 Å². The van der Waals surface area contributed by atoms with Crippen LogP contribution in [0.3, 0.4) is 0 Å². The molecule has 0 aliphatic carbocycles. The van der Waals surface area contributed by atoms with Gasteiger partial charge in [0.1, 0.15) is 11.5 Å². The molecule has 0 spiro atoms. The van der Waals surface area contributed by atoms with Crippen molar-refractivity contribution < 1.29 is 19.4 Å². The molecule has 3 rings (SSSR count). The average Bonchev–Trinajstić information content (AvgIpc) is 3.03. The molecule has 1 fully saturated rings. The van der Waals surface area contributed by atoms with Crippen LogP contribution in [0.1, 0.15) is 86.7 Å². The number of rotatable bonds is 7. The van der Waals surface area contributed by atoms with Crippen molar-refractivity contribution in [1.82, 2.24) is 4.90 Å². The molecule has 0 aromatic heterocycles. The molecule has 1 saturated heterocycles. The summed E-state index contributed by atoms with van der Waals surface area (Å²) < 4.78 is 5.53. The minimum atomic E-state index is -0.639. The Hall–Kier alpha value is -3.08. The third kappa shape index (κ3) is 4.54. The zero-order valence-corrected chi connectivity index (χ0v) is 20.7. The van der Waals surface area contributed by atoms with Crippen molar-refractivity contribution in [3.8, 4) is 5.75 Å². The van der Waals surface area contributed by atoms with Crippen LogP contribution >= 0.6 is 0 Å². The molecule has 0 radical (unpaired) electrons. The Morgan fingerprint density at radius 3 is 2.21 bits per heavy atom. The molecular formula is C28H35NO4. The lowest BCUT2D eigenvalue weighted by molar-refractivity contribution is -0.139. The number of ketones is 1. The Morgan fingerprint density at radius 1 is 1.06 bits per heavy atom. The van der Waals surface area contributed by atoms with Gasteiger partial charge in [-0.2, -0.15) is 0 Å². The molecule has 5 nitrogen and oxygen atoms in total. The third-order valence-electron chi connectivity index (χ3n) is 6.38. The first-order valence-corrected chi connectivity index (χ1v) is 11.7. The molecule has 1 atom stereocenters. The number of carbonyl (C=O) groups excluding carboxylic acids is 2. The molecular weight excluding hydrogens is 414 g/mol. The summed E-state index contributed by atoms with van der Waals surface area (Å²) in [5, 5.41) is 11.5. The van der Waals surface area contributed by atoms with E-state index in [9.17, 15) is 14.7 Å². The van der Waals surface area contributed by atoms with E-state index < -0.39 is 17.7 Å². The van der Waals surface area contributed by atoms with Crippen LogP contribution in [0.4, 0.5) is 0 Å². The highest BCUT2D eigenvalue weighted by Gasteiger charge is 2.45. The molecule has 0 bridgehead atoms.